The van der Waals surface area contributed by atoms with Gasteiger partial charge in [-0.1, -0.05) is 18.2 Å². The van der Waals surface area contributed by atoms with Crippen LogP contribution in [0.2, 0.25) is 0 Å². The fraction of sp³-hybridized carbons (Fsp3) is 0.250. The fourth-order valence-electron chi connectivity index (χ4n) is 3.85. The maximum Gasteiger partial charge on any atom is 0.253 e. The number of aromatic amines is 1. The molecule has 0 radical (unpaired) electrons. The van der Waals surface area contributed by atoms with Gasteiger partial charge in [0.15, 0.2) is 0 Å². The van der Waals surface area contributed by atoms with Gasteiger partial charge >= 0.3 is 0 Å². The lowest BCUT2D eigenvalue weighted by Crippen LogP contribution is -2.26. The van der Waals surface area contributed by atoms with Crippen LogP contribution in [0.5, 0.6) is 0 Å². The lowest BCUT2D eigenvalue weighted by Gasteiger charge is -2.18. The van der Waals surface area contributed by atoms with Crippen LogP contribution in [0.1, 0.15) is 38.6 Å². The molecule has 0 unspecified atom stereocenters. The van der Waals surface area contributed by atoms with Crippen molar-refractivity contribution >= 4 is 16.8 Å². The van der Waals surface area contributed by atoms with Crippen LogP contribution >= 0.6 is 0 Å². The van der Waals surface area contributed by atoms with Crippen molar-refractivity contribution in [2.45, 2.75) is 34.2 Å². The number of para-hydroxylation sites is 1. The molecule has 0 bridgehead atoms. The molecule has 0 saturated heterocycles. The van der Waals surface area contributed by atoms with Gasteiger partial charge in [0.05, 0.1) is 11.4 Å². The zero-order valence-electron chi connectivity index (χ0n) is 17.6. The number of fused-ring (bicyclic) bond motifs is 1. The Balaban J connectivity index is 1.61. The first-order valence-electron chi connectivity index (χ1n) is 9.81. The van der Waals surface area contributed by atoms with E-state index in [4.69, 9.17) is 5.10 Å². The van der Waals surface area contributed by atoms with Crippen LogP contribution in [0.4, 0.5) is 0 Å². The third-order valence-corrected chi connectivity index (χ3v) is 5.74. The molecule has 2 aromatic carbocycles. The topological polar surface area (TPSA) is 53.9 Å². The van der Waals surface area contributed by atoms with E-state index in [1.54, 1.807) is 4.90 Å². The van der Waals surface area contributed by atoms with Gasteiger partial charge in [-0.05, 0) is 63.6 Å². The maximum absolute atomic E-state index is 13.1. The second-order valence-electron chi connectivity index (χ2n) is 7.69. The van der Waals surface area contributed by atoms with Gasteiger partial charge in [-0.2, -0.15) is 5.10 Å². The molecule has 0 aliphatic heterocycles. The van der Waals surface area contributed by atoms with Crippen LogP contribution in [-0.2, 0) is 6.54 Å². The summed E-state index contributed by atoms with van der Waals surface area (Å²) in [6.45, 7) is 8.71. The SMILES string of the molecule is Cc1nn(-c2ccccc2)c(C)c1CN(C)C(=O)c1ccc2[nH]c(C)c(C)c2c1. The predicted molar refractivity (Wildman–Crippen MR) is 117 cm³/mol. The van der Waals surface area contributed by atoms with Crippen molar-refractivity contribution in [3.63, 3.8) is 0 Å². The van der Waals surface area contributed by atoms with Crippen LogP contribution < -0.4 is 0 Å². The van der Waals surface area contributed by atoms with Crippen molar-refractivity contribution in [3.8, 4) is 5.69 Å². The summed E-state index contributed by atoms with van der Waals surface area (Å²) in [5, 5.41) is 5.80. The van der Waals surface area contributed by atoms with E-state index in [9.17, 15) is 4.79 Å². The molecule has 0 aliphatic carbocycles. The molecule has 2 aromatic heterocycles. The van der Waals surface area contributed by atoms with Gasteiger partial charge in [-0.3, -0.25) is 4.79 Å². The van der Waals surface area contributed by atoms with Crippen LogP contribution in [-0.4, -0.2) is 32.6 Å². The first-order valence-corrected chi connectivity index (χ1v) is 9.81. The number of nitrogens with one attached hydrogen (secondary N) is 1. The summed E-state index contributed by atoms with van der Waals surface area (Å²) in [5.74, 6) is 0.0106. The van der Waals surface area contributed by atoms with E-state index in [1.165, 1.54) is 5.56 Å². The van der Waals surface area contributed by atoms with Crippen molar-refractivity contribution in [2.24, 2.45) is 0 Å². The lowest BCUT2D eigenvalue weighted by molar-refractivity contribution is 0.0785. The van der Waals surface area contributed by atoms with Gasteiger partial charge in [-0.15, -0.1) is 0 Å². The highest BCUT2D eigenvalue weighted by atomic mass is 16.2. The molecule has 0 aliphatic rings. The van der Waals surface area contributed by atoms with Crippen molar-refractivity contribution < 1.29 is 4.79 Å². The summed E-state index contributed by atoms with van der Waals surface area (Å²) in [7, 11) is 1.85. The first-order chi connectivity index (χ1) is 13.9. The van der Waals surface area contributed by atoms with Gasteiger partial charge in [0.1, 0.15) is 0 Å². The molecule has 0 atom stereocenters. The Hall–Kier alpha value is -3.34. The van der Waals surface area contributed by atoms with Crippen molar-refractivity contribution in [2.75, 3.05) is 7.05 Å². The molecule has 0 fully saturated rings. The highest BCUT2D eigenvalue weighted by molar-refractivity contribution is 5.98. The lowest BCUT2D eigenvalue weighted by atomic mass is 10.1. The van der Waals surface area contributed by atoms with E-state index in [1.807, 2.05) is 67.2 Å². The average molecular weight is 386 g/mol. The number of H-pyrrole nitrogens is 1. The van der Waals surface area contributed by atoms with Gasteiger partial charge in [-0.25, -0.2) is 4.68 Å². The van der Waals surface area contributed by atoms with E-state index in [2.05, 4.69) is 25.8 Å². The highest BCUT2D eigenvalue weighted by Gasteiger charge is 2.19. The minimum absolute atomic E-state index is 0.0106. The molecule has 4 aromatic rings. The maximum atomic E-state index is 13.1. The quantitative estimate of drug-likeness (QED) is 0.545. The largest absolute Gasteiger partial charge is 0.358 e. The molecule has 0 spiro atoms. The molecule has 148 valence electrons. The normalized spacial score (nSPS) is 11.2. The fourth-order valence-corrected chi connectivity index (χ4v) is 3.85. The standard InChI is InChI=1S/C24H26N4O/c1-15-16(2)25-23-12-11-19(13-21(15)23)24(29)27(5)14-22-17(3)26-28(18(22)4)20-9-7-6-8-10-20/h6-13,25H,14H2,1-5H3. The van der Waals surface area contributed by atoms with E-state index in [0.29, 0.717) is 12.1 Å². The van der Waals surface area contributed by atoms with Gasteiger partial charge < -0.3 is 9.88 Å². The average Bonchev–Trinajstić information content (AvgIpc) is 3.17. The third kappa shape index (κ3) is 3.33. The van der Waals surface area contributed by atoms with Crippen molar-refractivity contribution in [1.82, 2.24) is 19.7 Å². The summed E-state index contributed by atoms with van der Waals surface area (Å²) < 4.78 is 1.95. The smallest absolute Gasteiger partial charge is 0.253 e. The van der Waals surface area contributed by atoms with E-state index in [-0.39, 0.29) is 5.91 Å². The zero-order valence-corrected chi connectivity index (χ0v) is 17.6. The summed E-state index contributed by atoms with van der Waals surface area (Å²) >= 11 is 0. The number of hydrogen-bond acceptors (Lipinski definition) is 2. The molecule has 29 heavy (non-hydrogen) atoms. The zero-order chi connectivity index (χ0) is 20.7. The van der Waals surface area contributed by atoms with E-state index in [0.717, 1.165) is 39.2 Å². The van der Waals surface area contributed by atoms with Crippen LogP contribution in [0.25, 0.3) is 16.6 Å². The summed E-state index contributed by atoms with van der Waals surface area (Å²) in [6, 6.07) is 15.9. The molecule has 4 rings (SSSR count). The van der Waals surface area contributed by atoms with Crippen LogP contribution in [0.3, 0.4) is 0 Å². The number of amides is 1. The molecular formula is C24H26N4O. The predicted octanol–water partition coefficient (Wildman–Crippen LogP) is 4.86. The summed E-state index contributed by atoms with van der Waals surface area (Å²) in [6.07, 6.45) is 0. The van der Waals surface area contributed by atoms with Crippen LogP contribution in [0, 0.1) is 27.7 Å². The molecule has 2 heterocycles. The second-order valence-corrected chi connectivity index (χ2v) is 7.69. The Morgan fingerprint density at radius 1 is 1.07 bits per heavy atom. The second kappa shape index (κ2) is 7.24. The number of benzene rings is 2. The van der Waals surface area contributed by atoms with Gasteiger partial charge in [0.2, 0.25) is 0 Å². The molecule has 5 nitrogen and oxygen atoms in total. The number of rotatable bonds is 4. The number of aryl methyl sites for hydroxylation is 3. The molecular weight excluding hydrogens is 360 g/mol. The Morgan fingerprint density at radius 2 is 1.79 bits per heavy atom. The number of hydrogen-bond donors (Lipinski definition) is 1. The van der Waals surface area contributed by atoms with Gasteiger partial charge in [0, 0.05) is 47.0 Å². The number of aromatic nitrogens is 3. The number of carbonyl (C=O) groups excluding carboxylic acids is 1. The highest BCUT2D eigenvalue weighted by Crippen LogP contribution is 2.24. The Bertz CT molecular complexity index is 1200. The van der Waals surface area contributed by atoms with E-state index >= 15 is 0 Å². The first kappa shape index (κ1) is 19.0. The Kier molecular flexibility index (Phi) is 4.74. The number of nitrogens with zero attached hydrogens (tertiary/aromatic N) is 3. The molecule has 1 N–H and O–H groups in total. The molecule has 5 heteroatoms. The number of carbonyl (C=O) groups is 1. The minimum atomic E-state index is 0.0106. The Labute approximate surface area is 171 Å². The van der Waals surface area contributed by atoms with Gasteiger partial charge in [0.25, 0.3) is 5.91 Å². The summed E-state index contributed by atoms with van der Waals surface area (Å²) in [4.78, 5) is 18.2. The van der Waals surface area contributed by atoms with Crippen molar-refractivity contribution in [3.05, 3.63) is 82.3 Å². The Morgan fingerprint density at radius 3 is 2.52 bits per heavy atom. The minimum Gasteiger partial charge on any atom is -0.358 e. The molecule has 1 amide bonds. The monoisotopic (exact) mass is 386 g/mol. The summed E-state index contributed by atoms with van der Waals surface area (Å²) in [5.41, 5.74) is 8.20. The van der Waals surface area contributed by atoms with Crippen LogP contribution in [0.15, 0.2) is 48.5 Å². The third-order valence-electron chi connectivity index (χ3n) is 5.74. The van der Waals surface area contributed by atoms with Crippen molar-refractivity contribution in [1.29, 1.82) is 0 Å². The molecule has 0 saturated carbocycles. The van der Waals surface area contributed by atoms with E-state index < -0.39 is 0 Å².